The maximum absolute atomic E-state index is 4.27. The van der Waals surface area contributed by atoms with Crippen molar-refractivity contribution in [1.82, 2.24) is 4.98 Å². The molecule has 1 aromatic heterocycles. The number of pyridine rings is 1. The predicted octanol–water partition coefficient (Wildman–Crippen LogP) is 4.39. The summed E-state index contributed by atoms with van der Waals surface area (Å²) in [5.41, 5.74) is 4.99. The Bertz CT molecular complexity index is 779. The minimum Gasteiger partial charge on any atom is -0.264 e. The molecular formula is C17H11N. The van der Waals surface area contributed by atoms with Gasteiger partial charge in [-0.05, 0) is 33.5 Å². The third-order valence-corrected chi connectivity index (χ3v) is 3.52. The fraction of sp³-hybridized carbons (Fsp3) is 0. The maximum atomic E-state index is 4.27. The molecule has 2 aromatic carbocycles. The smallest absolute Gasteiger partial charge is 0.0352 e. The number of rotatable bonds is 0. The van der Waals surface area contributed by atoms with E-state index < -0.39 is 0 Å². The first-order valence-corrected chi connectivity index (χ1v) is 6.08. The first-order chi connectivity index (χ1) is 8.93. The average molecular weight is 229 g/mol. The molecule has 0 radical (unpaired) electrons. The lowest BCUT2D eigenvalue weighted by Gasteiger charge is -2.09. The SMILES string of the molecule is C1=Cc2cccc3cccc(c23)-c2cnccc21. The molecule has 0 bridgehead atoms. The molecule has 1 heterocycles. The zero-order chi connectivity index (χ0) is 11.9. The monoisotopic (exact) mass is 229 g/mol. The average Bonchev–Trinajstić information content (AvgIpc) is 2.60. The van der Waals surface area contributed by atoms with Gasteiger partial charge in [0, 0.05) is 18.0 Å². The lowest BCUT2D eigenvalue weighted by atomic mass is 9.96. The molecule has 1 aliphatic rings. The zero-order valence-electron chi connectivity index (χ0n) is 9.80. The van der Waals surface area contributed by atoms with Gasteiger partial charge in [-0.25, -0.2) is 0 Å². The van der Waals surface area contributed by atoms with Crippen LogP contribution in [-0.4, -0.2) is 4.98 Å². The van der Waals surface area contributed by atoms with E-state index in [9.17, 15) is 0 Å². The van der Waals surface area contributed by atoms with Gasteiger partial charge in [0.2, 0.25) is 0 Å². The molecule has 0 fully saturated rings. The van der Waals surface area contributed by atoms with Gasteiger partial charge >= 0.3 is 0 Å². The molecule has 0 unspecified atom stereocenters. The van der Waals surface area contributed by atoms with Crippen molar-refractivity contribution in [2.75, 3.05) is 0 Å². The van der Waals surface area contributed by atoms with Crippen molar-refractivity contribution in [3.8, 4) is 11.1 Å². The van der Waals surface area contributed by atoms with Gasteiger partial charge in [-0.2, -0.15) is 0 Å². The number of aromatic nitrogens is 1. The second-order valence-corrected chi connectivity index (χ2v) is 4.55. The molecule has 1 aliphatic carbocycles. The second-order valence-electron chi connectivity index (χ2n) is 4.55. The van der Waals surface area contributed by atoms with Gasteiger partial charge in [0.05, 0.1) is 0 Å². The van der Waals surface area contributed by atoms with E-state index in [2.05, 4.69) is 59.6 Å². The second kappa shape index (κ2) is 3.54. The highest BCUT2D eigenvalue weighted by molar-refractivity contribution is 6.06. The zero-order valence-corrected chi connectivity index (χ0v) is 9.80. The van der Waals surface area contributed by atoms with Crippen LogP contribution in [0.1, 0.15) is 11.1 Å². The van der Waals surface area contributed by atoms with Gasteiger partial charge in [0.25, 0.3) is 0 Å². The van der Waals surface area contributed by atoms with E-state index in [1.54, 1.807) is 0 Å². The summed E-state index contributed by atoms with van der Waals surface area (Å²) >= 11 is 0. The standard InChI is InChI=1S/C17H11N/c1-3-13-5-2-6-15-16-11-18-10-9-12(16)7-8-14(4-1)17(13)15/h1-11H. The van der Waals surface area contributed by atoms with E-state index in [-0.39, 0.29) is 0 Å². The molecule has 0 N–H and O–H groups in total. The first-order valence-electron chi connectivity index (χ1n) is 6.08. The summed E-state index contributed by atoms with van der Waals surface area (Å²) in [7, 11) is 0. The Balaban J connectivity index is 2.25. The molecule has 4 rings (SSSR count). The van der Waals surface area contributed by atoms with Crippen molar-refractivity contribution in [3.63, 3.8) is 0 Å². The van der Waals surface area contributed by atoms with Crippen molar-refractivity contribution < 1.29 is 0 Å². The van der Waals surface area contributed by atoms with Crippen molar-refractivity contribution in [3.05, 3.63) is 66.0 Å². The molecule has 3 aromatic rings. The predicted molar refractivity (Wildman–Crippen MR) is 76.1 cm³/mol. The van der Waals surface area contributed by atoms with Gasteiger partial charge in [-0.1, -0.05) is 48.6 Å². The van der Waals surface area contributed by atoms with Gasteiger partial charge in [0.15, 0.2) is 0 Å². The Kier molecular flexibility index (Phi) is 1.89. The van der Waals surface area contributed by atoms with Crippen LogP contribution in [0.2, 0.25) is 0 Å². The quantitative estimate of drug-likeness (QED) is 0.436. The van der Waals surface area contributed by atoms with Crippen LogP contribution in [0, 0.1) is 0 Å². The number of hydrogen-bond acceptors (Lipinski definition) is 1. The molecule has 0 spiro atoms. The van der Waals surface area contributed by atoms with E-state index >= 15 is 0 Å². The molecule has 0 amide bonds. The van der Waals surface area contributed by atoms with Crippen LogP contribution in [0.4, 0.5) is 0 Å². The Hall–Kier alpha value is -2.41. The van der Waals surface area contributed by atoms with Crippen molar-refractivity contribution >= 4 is 22.9 Å². The molecule has 0 aliphatic heterocycles. The Morgan fingerprint density at radius 2 is 1.56 bits per heavy atom. The van der Waals surface area contributed by atoms with Crippen molar-refractivity contribution in [1.29, 1.82) is 0 Å². The van der Waals surface area contributed by atoms with Gasteiger partial charge in [0.1, 0.15) is 0 Å². The summed E-state index contributed by atoms with van der Waals surface area (Å²) in [5, 5.41) is 2.61. The van der Waals surface area contributed by atoms with Crippen LogP contribution in [0.15, 0.2) is 54.9 Å². The summed E-state index contributed by atoms with van der Waals surface area (Å²) in [6, 6.07) is 15.0. The van der Waals surface area contributed by atoms with E-state index in [0.717, 1.165) is 0 Å². The Labute approximate surface area is 105 Å². The highest BCUT2D eigenvalue weighted by atomic mass is 14.6. The molecule has 0 saturated heterocycles. The van der Waals surface area contributed by atoms with Gasteiger partial charge < -0.3 is 0 Å². The Morgan fingerprint density at radius 1 is 0.722 bits per heavy atom. The maximum Gasteiger partial charge on any atom is 0.0352 e. The minimum absolute atomic E-state index is 1.21. The molecule has 0 saturated carbocycles. The van der Waals surface area contributed by atoms with E-state index in [0.29, 0.717) is 0 Å². The number of hydrogen-bond donors (Lipinski definition) is 0. The number of benzene rings is 2. The van der Waals surface area contributed by atoms with Crippen molar-refractivity contribution in [2.24, 2.45) is 0 Å². The molecular weight excluding hydrogens is 218 g/mol. The fourth-order valence-corrected chi connectivity index (χ4v) is 2.69. The Morgan fingerprint density at radius 3 is 2.50 bits per heavy atom. The van der Waals surface area contributed by atoms with Crippen LogP contribution in [0.3, 0.4) is 0 Å². The minimum atomic E-state index is 1.21. The highest BCUT2D eigenvalue weighted by Gasteiger charge is 2.12. The molecule has 0 atom stereocenters. The summed E-state index contributed by atoms with van der Waals surface area (Å²) < 4.78 is 0. The lowest BCUT2D eigenvalue weighted by Crippen LogP contribution is -1.86. The van der Waals surface area contributed by atoms with Crippen molar-refractivity contribution in [2.45, 2.75) is 0 Å². The first kappa shape index (κ1) is 9.60. The molecule has 1 nitrogen and oxygen atoms in total. The third kappa shape index (κ3) is 1.25. The fourth-order valence-electron chi connectivity index (χ4n) is 2.69. The summed E-state index contributed by atoms with van der Waals surface area (Å²) in [5.74, 6) is 0. The van der Waals surface area contributed by atoms with E-state index in [4.69, 9.17) is 0 Å². The van der Waals surface area contributed by atoms with Crippen LogP contribution in [0.25, 0.3) is 34.1 Å². The number of nitrogens with zero attached hydrogens (tertiary/aromatic N) is 1. The number of fused-ring (bicyclic) bond motifs is 2. The van der Waals surface area contributed by atoms with Gasteiger partial charge in [-0.15, -0.1) is 0 Å². The van der Waals surface area contributed by atoms with Gasteiger partial charge in [-0.3, -0.25) is 4.98 Å². The molecule has 84 valence electrons. The lowest BCUT2D eigenvalue weighted by molar-refractivity contribution is 1.32. The summed E-state index contributed by atoms with van der Waals surface area (Å²) in [6.45, 7) is 0. The van der Waals surface area contributed by atoms with Crippen LogP contribution < -0.4 is 0 Å². The van der Waals surface area contributed by atoms with Crippen LogP contribution in [0.5, 0.6) is 0 Å². The van der Waals surface area contributed by atoms with E-state index in [1.807, 2.05) is 12.4 Å². The molecule has 18 heavy (non-hydrogen) atoms. The molecule has 1 heteroatoms. The normalized spacial score (nSPS) is 12.2. The summed E-state index contributed by atoms with van der Waals surface area (Å²) in [4.78, 5) is 4.27. The van der Waals surface area contributed by atoms with Crippen LogP contribution in [-0.2, 0) is 0 Å². The third-order valence-electron chi connectivity index (χ3n) is 3.52. The largest absolute Gasteiger partial charge is 0.264 e. The topological polar surface area (TPSA) is 12.9 Å². The van der Waals surface area contributed by atoms with Crippen LogP contribution >= 0.6 is 0 Å². The summed E-state index contributed by atoms with van der Waals surface area (Å²) in [6.07, 6.45) is 8.17. The van der Waals surface area contributed by atoms with E-state index in [1.165, 1.54) is 33.0 Å². The highest BCUT2D eigenvalue weighted by Crippen LogP contribution is 2.36.